The summed E-state index contributed by atoms with van der Waals surface area (Å²) in [6.45, 7) is 0. The van der Waals surface area contributed by atoms with Gasteiger partial charge < -0.3 is 11.1 Å². The van der Waals surface area contributed by atoms with Crippen LogP contribution in [0, 0.1) is 11.3 Å². The normalized spacial score (nSPS) is 11.9. The maximum Gasteiger partial charge on any atom is 0.133 e. The monoisotopic (exact) mass is 249 g/mol. The summed E-state index contributed by atoms with van der Waals surface area (Å²) in [5, 5.41) is 12.2. The van der Waals surface area contributed by atoms with Crippen LogP contribution in [0.15, 0.2) is 60.7 Å². The zero-order valence-corrected chi connectivity index (χ0v) is 10.5. The summed E-state index contributed by atoms with van der Waals surface area (Å²) in [6.07, 6.45) is 3.74. The van der Waals surface area contributed by atoms with Gasteiger partial charge in [-0.3, -0.25) is 0 Å². The summed E-state index contributed by atoms with van der Waals surface area (Å²) in [7, 11) is 0. The van der Waals surface area contributed by atoms with E-state index in [0.717, 1.165) is 11.3 Å². The molecule has 0 aliphatic rings. The van der Waals surface area contributed by atoms with E-state index in [9.17, 15) is 0 Å². The molecule has 0 aliphatic carbocycles. The molecular formula is C16H15N3. The Balaban J connectivity index is 2.08. The van der Waals surface area contributed by atoms with Crippen LogP contribution in [0.3, 0.4) is 0 Å². The molecule has 0 amide bonds. The van der Waals surface area contributed by atoms with E-state index in [2.05, 4.69) is 11.4 Å². The van der Waals surface area contributed by atoms with Crippen molar-refractivity contribution in [3.05, 3.63) is 66.2 Å². The number of anilines is 2. The molecule has 0 fully saturated rings. The van der Waals surface area contributed by atoms with Gasteiger partial charge in [0.05, 0.1) is 17.4 Å². The fourth-order valence-corrected chi connectivity index (χ4v) is 1.69. The van der Waals surface area contributed by atoms with Crippen molar-refractivity contribution in [2.75, 3.05) is 11.1 Å². The van der Waals surface area contributed by atoms with Gasteiger partial charge in [0.25, 0.3) is 0 Å². The van der Waals surface area contributed by atoms with E-state index in [-0.39, 0.29) is 0 Å². The van der Waals surface area contributed by atoms with E-state index in [0.29, 0.717) is 5.69 Å². The van der Waals surface area contributed by atoms with Crippen LogP contribution in [0.4, 0.5) is 11.4 Å². The Morgan fingerprint density at radius 3 is 2.42 bits per heavy atom. The molecule has 0 heterocycles. The third-order valence-electron chi connectivity index (χ3n) is 2.69. The maximum absolute atomic E-state index is 9.15. The van der Waals surface area contributed by atoms with Gasteiger partial charge in [-0.15, -0.1) is 0 Å². The minimum Gasteiger partial charge on any atom is -0.397 e. The summed E-state index contributed by atoms with van der Waals surface area (Å²) >= 11 is 0. The highest BCUT2D eigenvalue weighted by Crippen LogP contribution is 2.18. The van der Waals surface area contributed by atoms with Crippen LogP contribution in [-0.4, -0.2) is 6.04 Å². The van der Waals surface area contributed by atoms with E-state index in [4.69, 9.17) is 11.0 Å². The molecule has 0 spiro atoms. The molecule has 2 aromatic carbocycles. The second-order valence-corrected chi connectivity index (χ2v) is 4.11. The molecule has 94 valence electrons. The number of benzene rings is 2. The minimum absolute atomic E-state index is 0.412. The maximum atomic E-state index is 9.15. The number of nitrogens with two attached hydrogens (primary N) is 1. The molecule has 19 heavy (non-hydrogen) atoms. The van der Waals surface area contributed by atoms with E-state index in [1.165, 1.54) is 0 Å². The van der Waals surface area contributed by atoms with Gasteiger partial charge in [0.1, 0.15) is 6.04 Å². The minimum atomic E-state index is -0.412. The van der Waals surface area contributed by atoms with Crippen molar-refractivity contribution >= 4 is 17.5 Å². The number of hydrogen-bond donors (Lipinski definition) is 2. The Kier molecular flexibility index (Phi) is 4.20. The van der Waals surface area contributed by atoms with Gasteiger partial charge in [0, 0.05) is 0 Å². The number of nitrogens with zero attached hydrogens (tertiary/aromatic N) is 1. The zero-order valence-electron chi connectivity index (χ0n) is 10.5. The van der Waals surface area contributed by atoms with Crippen molar-refractivity contribution in [3.8, 4) is 6.07 Å². The third-order valence-corrected chi connectivity index (χ3v) is 2.69. The number of nitrogen functional groups attached to an aromatic ring is 1. The molecule has 0 saturated carbocycles. The molecule has 3 heteroatoms. The summed E-state index contributed by atoms with van der Waals surface area (Å²) in [5.41, 5.74) is 8.30. The second-order valence-electron chi connectivity index (χ2n) is 4.11. The highest BCUT2D eigenvalue weighted by molar-refractivity contribution is 5.67. The van der Waals surface area contributed by atoms with Crippen LogP contribution in [0.1, 0.15) is 5.56 Å². The zero-order chi connectivity index (χ0) is 13.5. The van der Waals surface area contributed by atoms with Gasteiger partial charge in [0.15, 0.2) is 0 Å². The summed E-state index contributed by atoms with van der Waals surface area (Å²) < 4.78 is 0. The van der Waals surface area contributed by atoms with Crippen LogP contribution in [-0.2, 0) is 0 Å². The molecule has 3 nitrogen and oxygen atoms in total. The van der Waals surface area contributed by atoms with Gasteiger partial charge in [-0.05, 0) is 23.8 Å². The topological polar surface area (TPSA) is 61.8 Å². The van der Waals surface area contributed by atoms with Crippen molar-refractivity contribution < 1.29 is 0 Å². The van der Waals surface area contributed by atoms with Gasteiger partial charge in [-0.1, -0.05) is 48.5 Å². The number of nitriles is 1. The molecule has 0 saturated heterocycles. The van der Waals surface area contributed by atoms with Crippen LogP contribution in [0.2, 0.25) is 0 Å². The number of para-hydroxylation sites is 2. The van der Waals surface area contributed by atoms with Gasteiger partial charge in [0.2, 0.25) is 0 Å². The lowest BCUT2D eigenvalue weighted by Gasteiger charge is -2.11. The molecule has 0 unspecified atom stereocenters. The smallest absolute Gasteiger partial charge is 0.133 e. The Morgan fingerprint density at radius 1 is 1.05 bits per heavy atom. The van der Waals surface area contributed by atoms with Gasteiger partial charge >= 0.3 is 0 Å². The highest BCUT2D eigenvalue weighted by atomic mass is 14.9. The molecule has 0 aromatic heterocycles. The van der Waals surface area contributed by atoms with Crippen molar-refractivity contribution in [2.24, 2.45) is 0 Å². The first kappa shape index (κ1) is 12.7. The van der Waals surface area contributed by atoms with E-state index >= 15 is 0 Å². The van der Waals surface area contributed by atoms with Crippen molar-refractivity contribution in [1.29, 1.82) is 5.26 Å². The number of rotatable bonds is 4. The van der Waals surface area contributed by atoms with Gasteiger partial charge in [-0.2, -0.15) is 5.26 Å². The molecule has 3 N–H and O–H groups in total. The van der Waals surface area contributed by atoms with Crippen LogP contribution in [0.25, 0.3) is 6.08 Å². The first-order valence-corrected chi connectivity index (χ1v) is 6.03. The Morgan fingerprint density at radius 2 is 1.74 bits per heavy atom. The summed E-state index contributed by atoms with van der Waals surface area (Å²) in [5.74, 6) is 0. The van der Waals surface area contributed by atoms with Crippen LogP contribution < -0.4 is 11.1 Å². The molecule has 2 aromatic rings. The number of nitrogens with one attached hydrogen (secondary N) is 1. The summed E-state index contributed by atoms with van der Waals surface area (Å²) in [4.78, 5) is 0. The van der Waals surface area contributed by atoms with E-state index in [1.807, 2.05) is 60.7 Å². The molecule has 0 aliphatic heterocycles. The van der Waals surface area contributed by atoms with Crippen molar-refractivity contribution in [2.45, 2.75) is 6.04 Å². The first-order chi connectivity index (χ1) is 9.29. The third kappa shape index (κ3) is 3.62. The average molecular weight is 249 g/mol. The quantitative estimate of drug-likeness (QED) is 0.817. The lowest BCUT2D eigenvalue weighted by molar-refractivity contribution is 1.12. The van der Waals surface area contributed by atoms with Crippen LogP contribution >= 0.6 is 0 Å². The Labute approximate surface area is 113 Å². The standard InChI is InChI=1S/C16H15N3/c17-12-14(11-10-13-6-2-1-3-7-13)19-16-9-5-4-8-15(16)18/h1-11,14,19H,18H2/b11-10+/t14-/m0/s1. The lowest BCUT2D eigenvalue weighted by Crippen LogP contribution is -2.14. The predicted molar refractivity (Wildman–Crippen MR) is 79.4 cm³/mol. The molecule has 0 radical (unpaired) electrons. The second kappa shape index (κ2) is 6.27. The fraction of sp³-hybridized carbons (Fsp3) is 0.0625. The van der Waals surface area contributed by atoms with E-state index in [1.54, 1.807) is 6.07 Å². The highest BCUT2D eigenvalue weighted by Gasteiger charge is 2.04. The predicted octanol–water partition coefficient (Wildman–Crippen LogP) is 3.29. The Bertz CT molecular complexity index is 597. The average Bonchev–Trinajstić information content (AvgIpc) is 2.46. The van der Waals surface area contributed by atoms with Gasteiger partial charge in [-0.25, -0.2) is 0 Å². The first-order valence-electron chi connectivity index (χ1n) is 6.03. The molecular weight excluding hydrogens is 234 g/mol. The van der Waals surface area contributed by atoms with E-state index < -0.39 is 6.04 Å². The SMILES string of the molecule is N#C[C@H](/C=C/c1ccccc1)Nc1ccccc1N. The fourth-order valence-electron chi connectivity index (χ4n) is 1.69. The van der Waals surface area contributed by atoms with Crippen LogP contribution in [0.5, 0.6) is 0 Å². The molecule has 0 bridgehead atoms. The molecule has 1 atom stereocenters. The largest absolute Gasteiger partial charge is 0.397 e. The lowest BCUT2D eigenvalue weighted by atomic mass is 10.1. The molecule has 2 rings (SSSR count). The van der Waals surface area contributed by atoms with Crippen molar-refractivity contribution in [1.82, 2.24) is 0 Å². The number of hydrogen-bond acceptors (Lipinski definition) is 3. The Hall–Kier alpha value is -2.73. The summed E-state index contributed by atoms with van der Waals surface area (Å²) in [6, 6.07) is 19.0. The van der Waals surface area contributed by atoms with Crippen molar-refractivity contribution in [3.63, 3.8) is 0 Å².